The first kappa shape index (κ1) is 22.1. The summed E-state index contributed by atoms with van der Waals surface area (Å²) in [5.41, 5.74) is 2.68. The van der Waals surface area contributed by atoms with E-state index in [1.165, 1.54) is 24.3 Å². The number of anilines is 2. The van der Waals surface area contributed by atoms with E-state index < -0.39 is 11.6 Å². The minimum atomic E-state index is -0.756. The fraction of sp³-hybridized carbons (Fsp3) is 0.0769. The Bertz CT molecular complexity index is 1450. The third kappa shape index (κ3) is 4.31. The molecule has 9 heteroatoms. The molecular formula is C26H18F2N4O3. The van der Waals surface area contributed by atoms with Gasteiger partial charge in [-0.3, -0.25) is 9.79 Å². The molecule has 0 fully saturated rings. The fourth-order valence-corrected chi connectivity index (χ4v) is 3.89. The summed E-state index contributed by atoms with van der Waals surface area (Å²) in [6.07, 6.45) is 1.62. The summed E-state index contributed by atoms with van der Waals surface area (Å²) in [7, 11) is 1.58. The van der Waals surface area contributed by atoms with Crippen molar-refractivity contribution in [1.82, 2.24) is 9.97 Å². The van der Waals surface area contributed by atoms with E-state index in [2.05, 4.69) is 20.3 Å². The van der Waals surface area contributed by atoms with Gasteiger partial charge in [0.15, 0.2) is 0 Å². The number of nitrogens with one attached hydrogen (secondary N) is 1. The van der Waals surface area contributed by atoms with Gasteiger partial charge in [0, 0.05) is 34.6 Å². The molecule has 1 aliphatic rings. The fourth-order valence-electron chi connectivity index (χ4n) is 3.89. The number of hydrogen-bond donors (Lipinski definition) is 1. The second-order valence-corrected chi connectivity index (χ2v) is 7.61. The quantitative estimate of drug-likeness (QED) is 0.395. The molecule has 4 aromatic rings. The van der Waals surface area contributed by atoms with Gasteiger partial charge in [-0.2, -0.15) is 0 Å². The number of hydrogen-bond acceptors (Lipinski definition) is 7. The molecule has 0 saturated carbocycles. The number of aliphatic imine (C=N–C) groups is 1. The van der Waals surface area contributed by atoms with E-state index >= 15 is 0 Å². The first-order valence-electron chi connectivity index (χ1n) is 10.6. The van der Waals surface area contributed by atoms with Crippen LogP contribution < -0.4 is 14.8 Å². The van der Waals surface area contributed by atoms with Gasteiger partial charge in [-0.05, 0) is 42.5 Å². The summed E-state index contributed by atoms with van der Waals surface area (Å²) < 4.78 is 39.7. The molecule has 0 bridgehead atoms. The largest absolute Gasteiger partial charge is 0.497 e. The van der Waals surface area contributed by atoms with E-state index in [-0.39, 0.29) is 30.0 Å². The zero-order valence-electron chi connectivity index (χ0n) is 18.5. The normalized spacial score (nSPS) is 12.0. The van der Waals surface area contributed by atoms with E-state index in [1.807, 2.05) is 18.2 Å². The number of halogens is 2. The summed E-state index contributed by atoms with van der Waals surface area (Å²) in [5, 5.41) is 3.14. The van der Waals surface area contributed by atoms with Gasteiger partial charge in [0.05, 0.1) is 30.6 Å². The average Bonchev–Trinajstić information content (AvgIpc) is 3.01. The predicted octanol–water partition coefficient (Wildman–Crippen LogP) is 5.06. The van der Waals surface area contributed by atoms with Crippen molar-refractivity contribution in [1.29, 1.82) is 0 Å². The maximum Gasteiger partial charge on any atom is 0.298 e. The number of methoxy groups -OCH3 is 1. The highest BCUT2D eigenvalue weighted by molar-refractivity contribution is 6.17. The molecule has 0 saturated heterocycles. The van der Waals surface area contributed by atoms with Gasteiger partial charge < -0.3 is 14.8 Å². The molecule has 1 aliphatic heterocycles. The van der Waals surface area contributed by atoms with Crippen molar-refractivity contribution in [3.63, 3.8) is 0 Å². The Morgan fingerprint density at radius 1 is 0.971 bits per heavy atom. The van der Waals surface area contributed by atoms with Crippen molar-refractivity contribution in [3.05, 3.63) is 95.2 Å². The Balaban J connectivity index is 1.64. The molecule has 0 aliphatic carbocycles. The van der Waals surface area contributed by atoms with Crippen molar-refractivity contribution < 1.29 is 23.0 Å². The molecule has 0 amide bonds. The van der Waals surface area contributed by atoms with Crippen LogP contribution in [-0.2, 0) is 11.3 Å². The van der Waals surface area contributed by atoms with Crippen LogP contribution in [0.25, 0.3) is 11.3 Å². The summed E-state index contributed by atoms with van der Waals surface area (Å²) in [4.78, 5) is 24.5. The SMILES string of the molecule is COc1cccc(Nc2ncc3c(n2)-c2ccc(OC=O)cc2C(c2c(F)cccc2F)=NC3)c1. The van der Waals surface area contributed by atoms with Gasteiger partial charge in [0.1, 0.15) is 23.1 Å². The molecule has 35 heavy (non-hydrogen) atoms. The van der Waals surface area contributed by atoms with Crippen LogP contribution in [0, 0.1) is 11.6 Å². The maximum atomic E-state index is 14.8. The van der Waals surface area contributed by atoms with Gasteiger partial charge in [-0.1, -0.05) is 12.1 Å². The number of rotatable bonds is 6. The lowest BCUT2D eigenvalue weighted by Gasteiger charge is -2.14. The number of aromatic nitrogens is 2. The summed E-state index contributed by atoms with van der Waals surface area (Å²) in [5.74, 6) is -0.322. The Morgan fingerprint density at radius 3 is 2.54 bits per heavy atom. The topological polar surface area (TPSA) is 85.7 Å². The monoisotopic (exact) mass is 472 g/mol. The van der Waals surface area contributed by atoms with E-state index in [9.17, 15) is 13.6 Å². The Morgan fingerprint density at radius 2 is 1.77 bits per heavy atom. The molecular weight excluding hydrogens is 454 g/mol. The van der Waals surface area contributed by atoms with E-state index in [1.54, 1.807) is 31.5 Å². The Kier molecular flexibility index (Phi) is 5.88. The molecule has 0 unspecified atom stereocenters. The first-order chi connectivity index (χ1) is 17.1. The summed E-state index contributed by atoms with van der Waals surface area (Å²) in [6, 6.07) is 15.7. The molecule has 1 N–H and O–H groups in total. The third-order valence-corrected chi connectivity index (χ3v) is 5.48. The molecule has 5 rings (SSSR count). The Hall–Kier alpha value is -4.66. The van der Waals surface area contributed by atoms with Crippen LogP contribution >= 0.6 is 0 Å². The van der Waals surface area contributed by atoms with E-state index in [4.69, 9.17) is 9.47 Å². The molecule has 7 nitrogen and oxygen atoms in total. The molecule has 1 aromatic heterocycles. The third-order valence-electron chi connectivity index (χ3n) is 5.48. The van der Waals surface area contributed by atoms with Crippen molar-refractivity contribution in [2.75, 3.05) is 12.4 Å². The van der Waals surface area contributed by atoms with Crippen molar-refractivity contribution >= 4 is 23.8 Å². The van der Waals surface area contributed by atoms with Gasteiger partial charge >= 0.3 is 0 Å². The van der Waals surface area contributed by atoms with Crippen molar-refractivity contribution in [2.24, 2.45) is 4.99 Å². The highest BCUT2D eigenvalue weighted by Gasteiger charge is 2.25. The second kappa shape index (κ2) is 9.30. The van der Waals surface area contributed by atoms with Crippen molar-refractivity contribution in [2.45, 2.75) is 6.54 Å². The lowest BCUT2D eigenvalue weighted by Crippen LogP contribution is -2.10. The standard InChI is InChI=1S/C26H18F2N4O3/c1-34-17-5-2-4-16(10-17)31-26-30-13-15-12-29-25(23-21(27)6-3-7-22(23)28)20-11-18(35-14-33)8-9-19(20)24(15)32-26/h2-11,13-14H,12H2,1H3,(H,30,31,32). The molecule has 0 spiro atoms. The second-order valence-electron chi connectivity index (χ2n) is 7.61. The van der Waals surface area contributed by atoms with E-state index in [0.717, 1.165) is 5.69 Å². The first-order valence-corrected chi connectivity index (χ1v) is 10.6. The molecule has 174 valence electrons. The van der Waals surface area contributed by atoms with E-state index in [0.29, 0.717) is 34.1 Å². The highest BCUT2D eigenvalue weighted by atomic mass is 19.1. The molecule has 0 atom stereocenters. The smallest absolute Gasteiger partial charge is 0.298 e. The summed E-state index contributed by atoms with van der Waals surface area (Å²) >= 11 is 0. The van der Waals surface area contributed by atoms with Gasteiger partial charge in [0.25, 0.3) is 6.47 Å². The predicted molar refractivity (Wildman–Crippen MR) is 126 cm³/mol. The van der Waals surface area contributed by atoms with Gasteiger partial charge in [-0.25, -0.2) is 18.7 Å². The molecule has 3 aromatic carbocycles. The van der Waals surface area contributed by atoms with Crippen LogP contribution in [0.1, 0.15) is 16.7 Å². The van der Waals surface area contributed by atoms with Crippen LogP contribution in [0.2, 0.25) is 0 Å². The zero-order chi connectivity index (χ0) is 24.4. The Labute approximate surface area is 199 Å². The maximum absolute atomic E-state index is 14.8. The molecule has 0 radical (unpaired) electrons. The van der Waals surface area contributed by atoms with Crippen LogP contribution in [0.3, 0.4) is 0 Å². The van der Waals surface area contributed by atoms with Crippen LogP contribution in [0.5, 0.6) is 11.5 Å². The number of nitrogens with zero attached hydrogens (tertiary/aromatic N) is 3. The average molecular weight is 472 g/mol. The number of carbonyl (C=O) groups is 1. The van der Waals surface area contributed by atoms with Gasteiger partial charge in [0.2, 0.25) is 5.95 Å². The minimum Gasteiger partial charge on any atom is -0.497 e. The number of carbonyl (C=O) groups excluding carboxylic acids is 1. The summed E-state index contributed by atoms with van der Waals surface area (Å²) in [6.45, 7) is 0.377. The lowest BCUT2D eigenvalue weighted by molar-refractivity contribution is -0.120. The van der Waals surface area contributed by atoms with Crippen LogP contribution in [0.4, 0.5) is 20.4 Å². The number of benzene rings is 3. The highest BCUT2D eigenvalue weighted by Crippen LogP contribution is 2.35. The van der Waals surface area contributed by atoms with Crippen LogP contribution in [0.15, 0.2) is 71.9 Å². The van der Waals surface area contributed by atoms with Gasteiger partial charge in [-0.15, -0.1) is 0 Å². The lowest BCUT2D eigenvalue weighted by atomic mass is 9.94. The zero-order valence-corrected chi connectivity index (χ0v) is 18.5. The van der Waals surface area contributed by atoms with Crippen molar-refractivity contribution in [3.8, 4) is 22.8 Å². The van der Waals surface area contributed by atoms with Crippen LogP contribution in [-0.4, -0.2) is 29.3 Å². The number of ether oxygens (including phenoxy) is 2. The number of fused-ring (bicyclic) bond motifs is 3. The molecule has 2 heterocycles. The minimum absolute atomic E-state index is 0.0900.